The van der Waals surface area contributed by atoms with E-state index in [1.165, 1.54) is 0 Å². The van der Waals surface area contributed by atoms with Gasteiger partial charge in [0.15, 0.2) is 0 Å². The summed E-state index contributed by atoms with van der Waals surface area (Å²) in [6.07, 6.45) is 2.88. The molecular formula is C14H25NO3. The first-order valence-corrected chi connectivity index (χ1v) is 6.16. The smallest absolute Gasteiger partial charge is 0.328 e. The van der Waals surface area contributed by atoms with Crippen LogP contribution < -0.4 is 0 Å². The van der Waals surface area contributed by atoms with Crippen molar-refractivity contribution in [2.24, 2.45) is 5.41 Å². The molecule has 0 spiro atoms. The highest BCUT2D eigenvalue weighted by atomic mass is 16.4. The molecule has 0 aliphatic heterocycles. The largest absolute Gasteiger partial charge is 0.478 e. The third-order valence-electron chi connectivity index (χ3n) is 2.53. The summed E-state index contributed by atoms with van der Waals surface area (Å²) in [4.78, 5) is 24.1. The van der Waals surface area contributed by atoms with Crippen molar-refractivity contribution in [3.63, 3.8) is 0 Å². The average Bonchev–Trinajstić information content (AvgIpc) is 2.10. The fourth-order valence-corrected chi connectivity index (χ4v) is 1.46. The van der Waals surface area contributed by atoms with Gasteiger partial charge in [-0.1, -0.05) is 20.8 Å². The molecule has 0 atom stereocenters. The molecule has 0 aromatic heterocycles. The second-order valence-corrected chi connectivity index (χ2v) is 6.64. The average molecular weight is 255 g/mol. The maximum absolute atomic E-state index is 12.0. The molecule has 0 fully saturated rings. The third-order valence-corrected chi connectivity index (χ3v) is 2.53. The lowest BCUT2D eigenvalue weighted by molar-refractivity contribution is -0.133. The van der Waals surface area contributed by atoms with Gasteiger partial charge in [-0.25, -0.2) is 4.79 Å². The Morgan fingerprint density at radius 2 is 1.56 bits per heavy atom. The first-order valence-electron chi connectivity index (χ1n) is 6.16. The van der Waals surface area contributed by atoms with Crippen LogP contribution >= 0.6 is 0 Å². The van der Waals surface area contributed by atoms with E-state index in [1.807, 2.05) is 20.8 Å². The van der Waals surface area contributed by atoms with Crippen LogP contribution in [0.4, 0.5) is 0 Å². The van der Waals surface area contributed by atoms with E-state index in [0.29, 0.717) is 6.54 Å². The van der Waals surface area contributed by atoms with Crippen LogP contribution in [0.3, 0.4) is 0 Å². The quantitative estimate of drug-likeness (QED) is 0.786. The van der Waals surface area contributed by atoms with Crippen molar-refractivity contribution in [3.8, 4) is 0 Å². The molecule has 18 heavy (non-hydrogen) atoms. The predicted molar refractivity (Wildman–Crippen MR) is 72.3 cm³/mol. The number of carboxylic acid groups (broad SMARTS) is 1. The van der Waals surface area contributed by atoms with Gasteiger partial charge in [0.25, 0.3) is 0 Å². The lowest BCUT2D eigenvalue weighted by atomic mass is 9.91. The van der Waals surface area contributed by atoms with Crippen LogP contribution in [0.5, 0.6) is 0 Å². The van der Waals surface area contributed by atoms with Crippen LogP contribution in [0.1, 0.15) is 48.0 Å². The highest BCUT2D eigenvalue weighted by Gasteiger charge is 2.26. The lowest BCUT2D eigenvalue weighted by Crippen LogP contribution is -2.46. The summed E-state index contributed by atoms with van der Waals surface area (Å²) in [6.45, 7) is 12.8. The summed E-state index contributed by atoms with van der Waals surface area (Å²) >= 11 is 0. The summed E-state index contributed by atoms with van der Waals surface area (Å²) in [5.74, 6) is -1.36. The number of carbonyl (C=O) groups excluding carboxylic acids is 1. The van der Waals surface area contributed by atoms with Crippen LogP contribution in [0.15, 0.2) is 12.2 Å². The maximum Gasteiger partial charge on any atom is 0.328 e. The third kappa shape index (κ3) is 7.09. The molecule has 1 N–H and O–H groups in total. The molecule has 1 amide bonds. The van der Waals surface area contributed by atoms with Gasteiger partial charge in [0.1, 0.15) is 0 Å². The Balaban J connectivity index is 4.81. The number of hydrogen-bond acceptors (Lipinski definition) is 2. The molecule has 0 saturated carbocycles. The van der Waals surface area contributed by atoms with Crippen molar-refractivity contribution in [2.45, 2.75) is 53.5 Å². The van der Waals surface area contributed by atoms with Crippen LogP contribution in [0.2, 0.25) is 0 Å². The number of nitrogens with zero attached hydrogens (tertiary/aromatic N) is 1. The summed E-state index contributed by atoms with van der Waals surface area (Å²) in [7, 11) is 0. The van der Waals surface area contributed by atoms with Gasteiger partial charge in [-0.15, -0.1) is 0 Å². The Kier molecular flexibility index (Phi) is 5.58. The van der Waals surface area contributed by atoms with Crippen molar-refractivity contribution >= 4 is 11.9 Å². The molecule has 104 valence electrons. The zero-order valence-corrected chi connectivity index (χ0v) is 12.3. The molecule has 0 aliphatic carbocycles. The van der Waals surface area contributed by atoms with E-state index < -0.39 is 5.97 Å². The Bertz CT molecular complexity index is 332. The van der Waals surface area contributed by atoms with Crippen molar-refractivity contribution in [1.29, 1.82) is 0 Å². The van der Waals surface area contributed by atoms with E-state index in [2.05, 4.69) is 20.8 Å². The molecule has 0 radical (unpaired) electrons. The Labute approximate surface area is 110 Å². The van der Waals surface area contributed by atoms with Crippen LogP contribution in [0, 0.1) is 5.41 Å². The van der Waals surface area contributed by atoms with E-state index in [4.69, 9.17) is 5.11 Å². The molecule has 0 aromatic rings. The summed E-state index contributed by atoms with van der Waals surface area (Å²) in [5, 5.41) is 8.55. The van der Waals surface area contributed by atoms with Gasteiger partial charge >= 0.3 is 5.97 Å². The van der Waals surface area contributed by atoms with Crippen LogP contribution in [0.25, 0.3) is 0 Å². The molecule has 0 rings (SSSR count). The SMILES string of the molecule is CC(C)(C)CCN(C(=O)/C=C\C(=O)O)C(C)(C)C. The minimum atomic E-state index is -1.10. The molecule has 0 heterocycles. The Morgan fingerprint density at radius 1 is 1.06 bits per heavy atom. The zero-order chi connectivity index (χ0) is 14.6. The summed E-state index contributed by atoms with van der Waals surface area (Å²) in [6, 6.07) is 0. The van der Waals surface area contributed by atoms with Crippen molar-refractivity contribution in [1.82, 2.24) is 4.90 Å². The van der Waals surface area contributed by atoms with Gasteiger partial charge in [-0.3, -0.25) is 4.79 Å². The van der Waals surface area contributed by atoms with E-state index >= 15 is 0 Å². The van der Waals surface area contributed by atoms with Crippen molar-refractivity contribution in [3.05, 3.63) is 12.2 Å². The topological polar surface area (TPSA) is 57.6 Å². The fourth-order valence-electron chi connectivity index (χ4n) is 1.46. The number of hydrogen-bond donors (Lipinski definition) is 1. The molecule has 0 saturated heterocycles. The highest BCUT2D eigenvalue weighted by molar-refractivity contribution is 5.94. The monoisotopic (exact) mass is 255 g/mol. The second kappa shape index (κ2) is 6.03. The molecule has 4 heteroatoms. The first-order chi connectivity index (χ1) is 7.93. The van der Waals surface area contributed by atoms with Gasteiger partial charge in [0.2, 0.25) is 5.91 Å². The van der Waals surface area contributed by atoms with Crippen molar-refractivity contribution in [2.75, 3.05) is 6.54 Å². The normalized spacial score (nSPS) is 12.8. The van der Waals surface area contributed by atoms with Gasteiger partial charge in [0.05, 0.1) is 0 Å². The molecule has 0 bridgehead atoms. The highest BCUT2D eigenvalue weighted by Crippen LogP contribution is 2.22. The van der Waals surface area contributed by atoms with Gasteiger partial charge in [0, 0.05) is 24.2 Å². The zero-order valence-electron chi connectivity index (χ0n) is 12.3. The molecule has 0 unspecified atom stereocenters. The van der Waals surface area contributed by atoms with Gasteiger partial charge in [-0.05, 0) is 32.6 Å². The minimum Gasteiger partial charge on any atom is -0.478 e. The summed E-state index contributed by atoms with van der Waals surface area (Å²) in [5.41, 5.74) is -0.175. The molecule has 0 aliphatic rings. The van der Waals surface area contributed by atoms with Crippen molar-refractivity contribution < 1.29 is 14.7 Å². The number of aliphatic carboxylic acids is 1. The first kappa shape index (κ1) is 16.7. The van der Waals surface area contributed by atoms with Gasteiger partial charge in [-0.2, -0.15) is 0 Å². The minimum absolute atomic E-state index is 0.139. The summed E-state index contributed by atoms with van der Waals surface area (Å²) < 4.78 is 0. The second-order valence-electron chi connectivity index (χ2n) is 6.64. The number of rotatable bonds is 4. The lowest BCUT2D eigenvalue weighted by Gasteiger charge is -2.36. The standard InChI is InChI=1S/C14H25NO3/c1-13(2,3)9-10-15(14(4,5)6)11(16)7-8-12(17)18/h7-8H,9-10H2,1-6H3,(H,17,18)/b8-7-. The molecule has 0 aromatic carbocycles. The number of carboxylic acids is 1. The number of amides is 1. The van der Waals surface area contributed by atoms with E-state index in [0.717, 1.165) is 18.6 Å². The van der Waals surface area contributed by atoms with E-state index in [-0.39, 0.29) is 16.9 Å². The Hall–Kier alpha value is -1.32. The van der Waals surface area contributed by atoms with Crippen LogP contribution in [-0.4, -0.2) is 34.0 Å². The van der Waals surface area contributed by atoms with E-state index in [9.17, 15) is 9.59 Å². The van der Waals surface area contributed by atoms with Gasteiger partial charge < -0.3 is 10.0 Å². The maximum atomic E-state index is 12.0. The Morgan fingerprint density at radius 3 is 1.89 bits per heavy atom. The van der Waals surface area contributed by atoms with Crippen LogP contribution in [-0.2, 0) is 9.59 Å². The van der Waals surface area contributed by atoms with E-state index in [1.54, 1.807) is 4.90 Å². The fraction of sp³-hybridized carbons (Fsp3) is 0.714. The molecule has 4 nitrogen and oxygen atoms in total. The number of carbonyl (C=O) groups is 2. The predicted octanol–water partition coefficient (Wildman–Crippen LogP) is 2.69. The molecular weight excluding hydrogens is 230 g/mol.